The van der Waals surface area contributed by atoms with E-state index < -0.39 is 24.6 Å². The maximum atomic E-state index is 8.44. The molecule has 0 aromatic heterocycles. The molecule has 46 valence electrons. The van der Waals surface area contributed by atoms with Crippen molar-refractivity contribution in [2.45, 2.75) is 6.92 Å². The minimum atomic E-state index is -1.29. The van der Waals surface area contributed by atoms with Gasteiger partial charge in [-0.25, -0.2) is 0 Å². The van der Waals surface area contributed by atoms with Crippen LogP contribution in [0, 0.1) is 15.8 Å². The maximum absolute atomic E-state index is 8.44. The van der Waals surface area contributed by atoms with Gasteiger partial charge < -0.3 is 0 Å². The Morgan fingerprint density at radius 3 is 2.40 bits per heavy atom. The van der Waals surface area contributed by atoms with Gasteiger partial charge in [0.05, 0.1) is 0 Å². The summed E-state index contributed by atoms with van der Waals surface area (Å²) in [5.41, 5.74) is 1.27. The van der Waals surface area contributed by atoms with Crippen LogP contribution < -0.4 is 3.07 Å². The van der Waals surface area contributed by atoms with Crippen molar-refractivity contribution in [2.75, 3.05) is 0 Å². The predicted molar refractivity (Wildman–Crippen MR) is 36.4 cm³/mol. The number of nitriles is 1. The molecule has 1 aromatic carbocycles. The summed E-state index contributed by atoms with van der Waals surface area (Å²) in [5.74, 6) is 0. The van der Waals surface area contributed by atoms with Gasteiger partial charge in [-0.3, -0.25) is 0 Å². The molecule has 0 saturated carbocycles. The van der Waals surface area contributed by atoms with Gasteiger partial charge in [-0.15, -0.1) is 0 Å². The molecule has 0 N–H and O–H groups in total. The molecule has 0 saturated heterocycles. The Bertz CT molecular complexity index is 245. The van der Waals surface area contributed by atoms with E-state index in [1.165, 1.54) is 8.64 Å². The van der Waals surface area contributed by atoms with E-state index in [0.717, 1.165) is 0 Å². The van der Waals surface area contributed by atoms with E-state index in [1.807, 2.05) is 0 Å². The zero-order valence-corrected chi connectivity index (χ0v) is 11.5. The summed E-state index contributed by atoms with van der Waals surface area (Å²) in [7, 11) is 0. The number of rotatable bonds is 1. The molecule has 1 nitrogen and oxygen atoms in total. The monoisotopic (exact) mass is 319 g/mol. The summed E-state index contributed by atoms with van der Waals surface area (Å²) in [6.07, 6.45) is 0. The third-order valence-corrected chi connectivity index (χ3v) is 5.44. The van der Waals surface area contributed by atoms with Crippen LogP contribution >= 0.6 is 0 Å². The standard InChI is InChI=1S/C7H7.CN.Hg/c1-7-5-3-2-4-6-7;1-2;/h3-6H,1H3;;. The Hall–Kier alpha value is -0.355. The van der Waals surface area contributed by atoms with Crippen LogP contribution in [0.4, 0.5) is 0 Å². The number of benzene rings is 1. The van der Waals surface area contributed by atoms with Crippen molar-refractivity contribution < 1.29 is 24.6 Å². The summed E-state index contributed by atoms with van der Waals surface area (Å²) < 4.78 is 3.64. The van der Waals surface area contributed by atoms with E-state index in [9.17, 15) is 0 Å². The zero-order chi connectivity index (χ0) is 7.40. The van der Waals surface area contributed by atoms with Gasteiger partial charge in [0.25, 0.3) is 0 Å². The molecule has 0 amide bonds. The SMILES string of the molecule is Cc1cc[c]([Hg][C]#N)cc1. The van der Waals surface area contributed by atoms with Crippen LogP contribution in [0.1, 0.15) is 5.56 Å². The van der Waals surface area contributed by atoms with E-state index in [-0.39, 0.29) is 0 Å². The molecule has 1 aromatic rings. The average Bonchev–Trinajstić information content (AvgIpc) is 1.95. The first kappa shape index (κ1) is 7.75. The topological polar surface area (TPSA) is 23.8 Å². The molecule has 1 rings (SSSR count). The Kier molecular flexibility index (Phi) is 2.89. The first-order valence-corrected chi connectivity index (χ1v) is 8.75. The van der Waals surface area contributed by atoms with Crippen LogP contribution in [-0.4, -0.2) is 0 Å². The molecule has 0 aliphatic carbocycles. The van der Waals surface area contributed by atoms with Gasteiger partial charge in [0.1, 0.15) is 0 Å². The van der Waals surface area contributed by atoms with Crippen LogP contribution in [0.3, 0.4) is 0 Å². The van der Waals surface area contributed by atoms with Gasteiger partial charge in [0.2, 0.25) is 0 Å². The molecule has 0 spiro atoms. The fourth-order valence-electron chi connectivity index (χ4n) is 0.797. The van der Waals surface area contributed by atoms with Gasteiger partial charge in [-0.1, -0.05) is 0 Å². The van der Waals surface area contributed by atoms with Gasteiger partial charge in [0, 0.05) is 0 Å². The molecule has 0 unspecified atom stereocenters. The molecule has 2 heteroatoms. The molecular formula is C8H7HgN. The number of hydrogen-bond acceptors (Lipinski definition) is 1. The number of aryl methyl sites for hydroxylation is 1. The Labute approximate surface area is 73.1 Å². The fraction of sp³-hybridized carbons (Fsp3) is 0.125. The summed E-state index contributed by atoms with van der Waals surface area (Å²) in [5, 5.41) is 8.44. The van der Waals surface area contributed by atoms with Gasteiger partial charge >= 0.3 is 73.2 Å². The van der Waals surface area contributed by atoms with Crippen LogP contribution in [0.15, 0.2) is 24.3 Å². The summed E-state index contributed by atoms with van der Waals surface area (Å²) in [6.45, 7) is 2.06. The van der Waals surface area contributed by atoms with Crippen LogP contribution in [0.5, 0.6) is 0 Å². The van der Waals surface area contributed by atoms with Crippen molar-refractivity contribution in [3.8, 4) is 3.58 Å². The van der Waals surface area contributed by atoms with E-state index in [1.54, 1.807) is 0 Å². The van der Waals surface area contributed by atoms with Gasteiger partial charge in [-0.2, -0.15) is 0 Å². The summed E-state index contributed by atoms with van der Waals surface area (Å²) >= 11 is -1.29. The average molecular weight is 318 g/mol. The number of hydrogen-bond donors (Lipinski definition) is 0. The van der Waals surface area contributed by atoms with Gasteiger partial charge in [-0.05, 0) is 0 Å². The van der Waals surface area contributed by atoms with E-state index in [0.29, 0.717) is 0 Å². The Morgan fingerprint density at radius 2 is 1.90 bits per heavy atom. The van der Waals surface area contributed by atoms with Crippen LogP contribution in [0.25, 0.3) is 0 Å². The second kappa shape index (κ2) is 3.73. The van der Waals surface area contributed by atoms with Crippen LogP contribution in [-0.2, 0) is 24.6 Å². The quantitative estimate of drug-likeness (QED) is 0.714. The van der Waals surface area contributed by atoms with Crippen LogP contribution in [0.2, 0.25) is 0 Å². The molecule has 0 aliphatic heterocycles. The zero-order valence-electron chi connectivity index (χ0n) is 5.96. The van der Waals surface area contributed by atoms with Crippen molar-refractivity contribution >= 4 is 3.07 Å². The second-order valence-corrected chi connectivity index (χ2v) is 8.10. The third kappa shape index (κ3) is 2.11. The molecule has 0 radical (unpaired) electrons. The molecule has 0 aliphatic rings. The van der Waals surface area contributed by atoms with Gasteiger partial charge in [0.15, 0.2) is 0 Å². The molecule has 0 atom stereocenters. The second-order valence-electron chi connectivity index (χ2n) is 2.32. The van der Waals surface area contributed by atoms with Crippen molar-refractivity contribution in [1.82, 2.24) is 0 Å². The van der Waals surface area contributed by atoms with Crippen molar-refractivity contribution in [1.29, 1.82) is 5.26 Å². The normalized spacial score (nSPS) is 8.00. The van der Waals surface area contributed by atoms with E-state index in [4.69, 9.17) is 5.26 Å². The van der Waals surface area contributed by atoms with E-state index in [2.05, 4.69) is 34.8 Å². The fourth-order valence-corrected chi connectivity index (χ4v) is 3.34. The Balaban J connectivity index is 2.81. The summed E-state index contributed by atoms with van der Waals surface area (Å²) in [6, 6.07) is 8.32. The third-order valence-electron chi connectivity index (χ3n) is 1.40. The first-order valence-electron chi connectivity index (χ1n) is 3.25. The Morgan fingerprint density at radius 1 is 1.30 bits per heavy atom. The number of nitrogens with zero attached hydrogens (tertiary/aromatic N) is 1. The molecular weight excluding hydrogens is 311 g/mol. The summed E-state index contributed by atoms with van der Waals surface area (Å²) in [4.78, 5) is 0. The minimum absolute atomic E-state index is 1.27. The van der Waals surface area contributed by atoms with Crippen molar-refractivity contribution in [2.24, 2.45) is 0 Å². The van der Waals surface area contributed by atoms with E-state index >= 15 is 0 Å². The molecule has 0 heterocycles. The van der Waals surface area contributed by atoms with Crippen molar-refractivity contribution in [3.05, 3.63) is 29.8 Å². The molecule has 0 fully saturated rings. The molecule has 10 heavy (non-hydrogen) atoms. The van der Waals surface area contributed by atoms with Crippen molar-refractivity contribution in [3.63, 3.8) is 0 Å². The first-order chi connectivity index (χ1) is 4.83. The molecule has 0 bridgehead atoms. The predicted octanol–water partition coefficient (Wildman–Crippen LogP) is 1.18.